The van der Waals surface area contributed by atoms with Gasteiger partial charge in [0.05, 0.1) is 19.1 Å². The molecule has 3 nitrogen and oxygen atoms in total. The van der Waals surface area contributed by atoms with Crippen molar-refractivity contribution in [3.05, 3.63) is 72.3 Å². The lowest BCUT2D eigenvalue weighted by Gasteiger charge is -2.40. The maximum atomic E-state index is 13.2. The molecule has 2 aromatic carbocycles. The molecule has 0 aromatic heterocycles. The zero-order valence-corrected chi connectivity index (χ0v) is 14.3. The van der Waals surface area contributed by atoms with Crippen LogP contribution in [0.4, 0.5) is 5.69 Å². The average molecular weight is 321 g/mol. The van der Waals surface area contributed by atoms with E-state index < -0.39 is 5.41 Å². The highest BCUT2D eigenvalue weighted by molar-refractivity contribution is 6.00. The average Bonchev–Trinajstić information content (AvgIpc) is 2.60. The first-order valence-corrected chi connectivity index (χ1v) is 8.21. The van der Waals surface area contributed by atoms with Gasteiger partial charge in [0.15, 0.2) is 0 Å². The molecule has 0 saturated carbocycles. The summed E-state index contributed by atoms with van der Waals surface area (Å²) in [5.41, 5.74) is 2.89. The van der Waals surface area contributed by atoms with Crippen LogP contribution in [0.2, 0.25) is 0 Å². The van der Waals surface area contributed by atoms with Crippen molar-refractivity contribution in [1.82, 2.24) is 0 Å². The molecule has 0 bridgehead atoms. The van der Waals surface area contributed by atoms with Crippen LogP contribution in [0.3, 0.4) is 0 Å². The summed E-state index contributed by atoms with van der Waals surface area (Å²) in [5.74, 6) is 0.984. The Bertz CT molecular complexity index is 751. The van der Waals surface area contributed by atoms with E-state index in [2.05, 4.69) is 12.6 Å². The van der Waals surface area contributed by atoms with Gasteiger partial charge in [-0.2, -0.15) is 0 Å². The molecule has 124 valence electrons. The standard InChI is InChI=1S/C21H23NO2/c1-4-13-21(2)14-17-7-5-6-8-19(17)22(20(21)23)15-16-9-11-18(24-3)12-10-16/h4-12H,1,13-15H2,2-3H3. The van der Waals surface area contributed by atoms with Gasteiger partial charge in [0.1, 0.15) is 5.75 Å². The molecule has 0 fully saturated rings. The smallest absolute Gasteiger partial charge is 0.233 e. The second kappa shape index (κ2) is 6.52. The number of benzene rings is 2. The van der Waals surface area contributed by atoms with E-state index >= 15 is 0 Å². The van der Waals surface area contributed by atoms with Crippen molar-refractivity contribution >= 4 is 11.6 Å². The molecule has 2 aromatic rings. The molecule has 1 atom stereocenters. The van der Waals surface area contributed by atoms with Crippen LogP contribution in [-0.2, 0) is 17.8 Å². The number of para-hydroxylation sites is 1. The minimum atomic E-state index is -0.428. The number of rotatable bonds is 5. The number of allylic oxidation sites excluding steroid dienone is 1. The van der Waals surface area contributed by atoms with E-state index in [4.69, 9.17) is 4.74 Å². The third kappa shape index (κ3) is 2.94. The second-order valence-electron chi connectivity index (χ2n) is 6.60. The number of hydrogen-bond donors (Lipinski definition) is 0. The zero-order chi connectivity index (χ0) is 17.2. The highest BCUT2D eigenvalue weighted by atomic mass is 16.5. The lowest BCUT2D eigenvalue weighted by Crippen LogP contribution is -2.47. The fourth-order valence-corrected chi connectivity index (χ4v) is 3.40. The number of carbonyl (C=O) groups is 1. The Morgan fingerprint density at radius 3 is 2.58 bits per heavy atom. The van der Waals surface area contributed by atoms with Crippen molar-refractivity contribution in [1.29, 1.82) is 0 Å². The lowest BCUT2D eigenvalue weighted by atomic mass is 9.76. The molecule has 3 heteroatoms. The normalized spacial score (nSPS) is 19.8. The molecular weight excluding hydrogens is 298 g/mol. The fourth-order valence-electron chi connectivity index (χ4n) is 3.40. The monoisotopic (exact) mass is 321 g/mol. The molecule has 1 unspecified atom stereocenters. The van der Waals surface area contributed by atoms with E-state index in [1.807, 2.05) is 60.4 Å². The van der Waals surface area contributed by atoms with Crippen molar-refractivity contribution in [2.75, 3.05) is 12.0 Å². The van der Waals surface area contributed by atoms with E-state index in [9.17, 15) is 4.79 Å². The summed E-state index contributed by atoms with van der Waals surface area (Å²) in [6.45, 7) is 6.43. The van der Waals surface area contributed by atoms with Gasteiger partial charge in [0.25, 0.3) is 0 Å². The number of hydrogen-bond acceptors (Lipinski definition) is 2. The number of methoxy groups -OCH3 is 1. The second-order valence-corrected chi connectivity index (χ2v) is 6.60. The first-order valence-electron chi connectivity index (χ1n) is 8.21. The minimum absolute atomic E-state index is 0.164. The largest absolute Gasteiger partial charge is 0.497 e. The van der Waals surface area contributed by atoms with E-state index in [1.54, 1.807) is 7.11 Å². The van der Waals surface area contributed by atoms with Gasteiger partial charge in [-0.3, -0.25) is 4.79 Å². The van der Waals surface area contributed by atoms with Crippen LogP contribution in [0, 0.1) is 5.41 Å². The Morgan fingerprint density at radius 2 is 1.92 bits per heavy atom. The van der Waals surface area contributed by atoms with Crippen LogP contribution < -0.4 is 9.64 Å². The molecule has 0 spiro atoms. The Morgan fingerprint density at radius 1 is 1.21 bits per heavy atom. The van der Waals surface area contributed by atoms with Crippen molar-refractivity contribution in [3.63, 3.8) is 0 Å². The van der Waals surface area contributed by atoms with Crippen molar-refractivity contribution < 1.29 is 9.53 Å². The molecular formula is C21H23NO2. The molecule has 1 aliphatic heterocycles. The van der Waals surface area contributed by atoms with E-state index in [-0.39, 0.29) is 5.91 Å². The van der Waals surface area contributed by atoms with Crippen LogP contribution in [0.1, 0.15) is 24.5 Å². The van der Waals surface area contributed by atoms with Crippen molar-refractivity contribution in [2.24, 2.45) is 5.41 Å². The Labute approximate surface area is 143 Å². The topological polar surface area (TPSA) is 29.5 Å². The molecule has 0 radical (unpaired) electrons. The van der Waals surface area contributed by atoms with Crippen molar-refractivity contribution in [3.8, 4) is 5.75 Å². The van der Waals surface area contributed by atoms with Crippen LogP contribution >= 0.6 is 0 Å². The molecule has 1 aliphatic rings. The van der Waals surface area contributed by atoms with Gasteiger partial charge < -0.3 is 9.64 Å². The highest BCUT2D eigenvalue weighted by Crippen LogP contribution is 2.40. The first-order chi connectivity index (χ1) is 11.6. The van der Waals surface area contributed by atoms with Gasteiger partial charge in [0.2, 0.25) is 5.91 Å². The van der Waals surface area contributed by atoms with E-state index in [0.717, 1.165) is 23.4 Å². The van der Waals surface area contributed by atoms with E-state index in [1.165, 1.54) is 5.56 Å². The lowest BCUT2D eigenvalue weighted by molar-refractivity contribution is -0.128. The predicted molar refractivity (Wildman–Crippen MR) is 97.3 cm³/mol. The van der Waals surface area contributed by atoms with E-state index in [0.29, 0.717) is 13.0 Å². The summed E-state index contributed by atoms with van der Waals surface area (Å²) in [4.78, 5) is 15.1. The van der Waals surface area contributed by atoms with Crippen LogP contribution in [0.15, 0.2) is 61.2 Å². The number of anilines is 1. The molecule has 1 heterocycles. The number of nitrogens with zero attached hydrogens (tertiary/aromatic N) is 1. The van der Waals surface area contributed by atoms with Gasteiger partial charge in [-0.1, -0.05) is 43.3 Å². The Hall–Kier alpha value is -2.55. The summed E-state index contributed by atoms with van der Waals surface area (Å²) < 4.78 is 5.21. The number of fused-ring (bicyclic) bond motifs is 1. The SMILES string of the molecule is C=CCC1(C)Cc2ccccc2N(Cc2ccc(OC)cc2)C1=O. The molecule has 1 amide bonds. The van der Waals surface area contributed by atoms with Crippen molar-refractivity contribution in [2.45, 2.75) is 26.3 Å². The summed E-state index contributed by atoms with van der Waals surface area (Å²) in [6.07, 6.45) is 3.28. The number of amides is 1. The Kier molecular flexibility index (Phi) is 4.43. The summed E-state index contributed by atoms with van der Waals surface area (Å²) in [6, 6.07) is 16.0. The Balaban J connectivity index is 1.97. The van der Waals surface area contributed by atoms with Gasteiger partial charge in [-0.05, 0) is 42.2 Å². The van der Waals surface area contributed by atoms with Gasteiger partial charge in [-0.15, -0.1) is 6.58 Å². The molecule has 0 saturated heterocycles. The summed E-state index contributed by atoms with van der Waals surface area (Å²) in [5, 5.41) is 0. The maximum absolute atomic E-state index is 13.2. The van der Waals surface area contributed by atoms with Crippen LogP contribution in [0.5, 0.6) is 5.75 Å². The zero-order valence-electron chi connectivity index (χ0n) is 14.3. The number of ether oxygens (including phenoxy) is 1. The van der Waals surface area contributed by atoms with Gasteiger partial charge in [-0.25, -0.2) is 0 Å². The highest BCUT2D eigenvalue weighted by Gasteiger charge is 2.41. The van der Waals surface area contributed by atoms with Gasteiger partial charge in [0, 0.05) is 5.69 Å². The molecule has 0 N–H and O–H groups in total. The first kappa shape index (κ1) is 16.3. The maximum Gasteiger partial charge on any atom is 0.233 e. The molecule has 24 heavy (non-hydrogen) atoms. The quantitative estimate of drug-likeness (QED) is 0.766. The fraction of sp³-hybridized carbons (Fsp3) is 0.286. The molecule has 0 aliphatic carbocycles. The third-order valence-electron chi connectivity index (χ3n) is 4.72. The summed E-state index contributed by atoms with van der Waals surface area (Å²) >= 11 is 0. The molecule has 3 rings (SSSR count). The van der Waals surface area contributed by atoms with Gasteiger partial charge >= 0.3 is 0 Å². The van der Waals surface area contributed by atoms with Crippen LogP contribution in [-0.4, -0.2) is 13.0 Å². The minimum Gasteiger partial charge on any atom is -0.497 e. The van der Waals surface area contributed by atoms with Crippen LogP contribution in [0.25, 0.3) is 0 Å². The predicted octanol–water partition coefficient (Wildman–Crippen LogP) is 4.37. The summed E-state index contributed by atoms with van der Waals surface area (Å²) in [7, 11) is 1.65. The third-order valence-corrected chi connectivity index (χ3v) is 4.72. The number of carbonyl (C=O) groups excluding carboxylic acids is 1.